The molecule has 340 valence electrons. The Bertz CT molecular complexity index is 1770. The Morgan fingerprint density at radius 1 is 0.590 bits per heavy atom. The molecule has 2 saturated heterocycles. The topological polar surface area (TPSA) is 164 Å². The number of carbonyl (C=O) groups is 6. The highest BCUT2D eigenvalue weighted by molar-refractivity contribution is 5.93. The van der Waals surface area contributed by atoms with Gasteiger partial charge in [0.2, 0.25) is 0 Å². The summed E-state index contributed by atoms with van der Waals surface area (Å²) in [5.41, 5.74) is -2.08. The van der Waals surface area contributed by atoms with Crippen LogP contribution in [0.4, 0.5) is 9.59 Å². The third-order valence-corrected chi connectivity index (χ3v) is 8.92. The summed E-state index contributed by atoms with van der Waals surface area (Å²) in [6, 6.07) is 18.2. The van der Waals surface area contributed by atoms with Crippen LogP contribution in [-0.2, 0) is 60.8 Å². The summed E-state index contributed by atoms with van der Waals surface area (Å²) in [5.74, 6) is -1.91. The number of ether oxygens (including phenoxy) is 6. The Morgan fingerprint density at radius 3 is 1.39 bits per heavy atom. The Labute approximate surface area is 362 Å². The molecule has 0 N–H and O–H groups in total. The lowest BCUT2D eigenvalue weighted by atomic mass is 9.72. The van der Waals surface area contributed by atoms with Crippen molar-refractivity contribution in [3.8, 4) is 0 Å². The van der Waals surface area contributed by atoms with Gasteiger partial charge in [0.15, 0.2) is 5.54 Å². The average molecular weight is 855 g/mol. The summed E-state index contributed by atoms with van der Waals surface area (Å²) < 4.78 is 32.0. The molecule has 2 fully saturated rings. The lowest BCUT2D eigenvalue weighted by molar-refractivity contribution is -0.192. The van der Waals surface area contributed by atoms with Gasteiger partial charge in [-0.2, -0.15) is 0 Å². The van der Waals surface area contributed by atoms with Crippen LogP contribution in [0.25, 0.3) is 0 Å². The normalized spacial score (nSPS) is 19.8. The van der Waals surface area contributed by atoms with Crippen molar-refractivity contribution in [3.05, 3.63) is 71.8 Å². The van der Waals surface area contributed by atoms with E-state index in [0.717, 1.165) is 11.1 Å². The Balaban J connectivity index is 0.000000360. The van der Waals surface area contributed by atoms with Crippen LogP contribution in [-0.4, -0.2) is 92.9 Å². The first-order valence-electron chi connectivity index (χ1n) is 20.8. The highest BCUT2D eigenvalue weighted by Crippen LogP contribution is 2.42. The first kappa shape index (κ1) is 52.0. The minimum Gasteiger partial charge on any atom is -0.460 e. The van der Waals surface area contributed by atoms with Crippen molar-refractivity contribution in [1.82, 2.24) is 9.80 Å². The zero-order valence-electron chi connectivity index (χ0n) is 39.0. The van der Waals surface area contributed by atoms with E-state index in [4.69, 9.17) is 28.4 Å². The Kier molecular flexibility index (Phi) is 18.4. The van der Waals surface area contributed by atoms with Crippen molar-refractivity contribution in [2.45, 2.75) is 164 Å². The summed E-state index contributed by atoms with van der Waals surface area (Å²) in [5, 5.41) is 0. The van der Waals surface area contributed by atoms with E-state index < -0.39 is 52.5 Å². The molecule has 0 saturated carbocycles. The maximum atomic E-state index is 13.2. The molecule has 2 aromatic rings. The maximum Gasteiger partial charge on any atom is 0.411 e. The third kappa shape index (κ3) is 17.4. The minimum absolute atomic E-state index is 0.0708. The van der Waals surface area contributed by atoms with Crippen LogP contribution in [0, 0.1) is 11.8 Å². The second-order valence-electron chi connectivity index (χ2n) is 19.3. The highest BCUT2D eigenvalue weighted by atomic mass is 16.6. The molecule has 0 spiro atoms. The van der Waals surface area contributed by atoms with Gasteiger partial charge in [0.1, 0.15) is 41.7 Å². The first-order valence-corrected chi connectivity index (χ1v) is 20.8. The van der Waals surface area contributed by atoms with E-state index >= 15 is 0 Å². The standard InChI is InChI=1S/C23H33NO6.C17H23NO4.C7H14O2/c1-16-14-24(20(27)28-15-17-11-9-8-10-12-17)23(16,19(26)30-22(5,6)7)13-18(25)29-21(2,3)4;1-12-10-18(14(12)15(19)22-17(2,3)4)16(20)21-11-13-8-6-5-7-9-13;1-5-6(8)9-7(2,3)4/h8-12,16H,13-15H2,1-7H3;5-9,12,14H,10-11H2,1-4H3;5H2,1-4H3/t16-,23+;12-,14?;/m00./s1. The van der Waals surface area contributed by atoms with Crippen molar-refractivity contribution >= 4 is 36.1 Å². The van der Waals surface area contributed by atoms with Crippen LogP contribution in [0.5, 0.6) is 0 Å². The van der Waals surface area contributed by atoms with Gasteiger partial charge < -0.3 is 28.4 Å². The Hall–Kier alpha value is -5.14. The number of hydrogen-bond donors (Lipinski definition) is 0. The molecule has 2 amide bonds. The number of nitrogens with zero attached hydrogens (tertiary/aromatic N) is 2. The first-order chi connectivity index (χ1) is 28.0. The number of esters is 4. The molecular formula is C47H70N2O12. The molecule has 4 rings (SSSR count). The molecule has 14 heteroatoms. The van der Waals surface area contributed by atoms with Gasteiger partial charge >= 0.3 is 36.1 Å². The maximum absolute atomic E-state index is 13.2. The second kappa shape index (κ2) is 21.6. The van der Waals surface area contributed by atoms with Crippen molar-refractivity contribution in [1.29, 1.82) is 0 Å². The summed E-state index contributed by atoms with van der Waals surface area (Å²) in [7, 11) is 0. The fraction of sp³-hybridized carbons (Fsp3) is 0.617. The summed E-state index contributed by atoms with van der Waals surface area (Å²) >= 11 is 0. The monoisotopic (exact) mass is 854 g/mol. The quantitative estimate of drug-likeness (QED) is 0.174. The number of likely N-dealkylation sites (tertiary alicyclic amines) is 2. The van der Waals surface area contributed by atoms with Crippen molar-refractivity contribution in [2.75, 3.05) is 13.1 Å². The van der Waals surface area contributed by atoms with Gasteiger partial charge in [-0.1, -0.05) is 81.4 Å². The minimum atomic E-state index is -1.45. The summed E-state index contributed by atoms with van der Waals surface area (Å²) in [6.07, 6.45) is -0.970. The van der Waals surface area contributed by atoms with E-state index in [1.807, 2.05) is 116 Å². The SMILES string of the molecule is CCC(=O)OC(C)(C)C.C[C@H]1CN(C(=O)OCc2ccccc2)C1C(=O)OC(C)(C)C.C[C@H]1CN(C(=O)OCc2ccccc2)[C@@]1(CC(=O)OC(C)(C)C)C(=O)OC(C)(C)C. The van der Waals surface area contributed by atoms with E-state index in [2.05, 4.69) is 0 Å². The van der Waals surface area contributed by atoms with Gasteiger partial charge in [-0.05, 0) is 94.2 Å². The lowest BCUT2D eigenvalue weighted by Gasteiger charge is -2.54. The molecule has 0 bridgehead atoms. The molecule has 61 heavy (non-hydrogen) atoms. The fourth-order valence-electron chi connectivity index (χ4n) is 6.21. The predicted octanol–water partition coefficient (Wildman–Crippen LogP) is 8.81. The van der Waals surface area contributed by atoms with Crippen molar-refractivity contribution in [3.63, 3.8) is 0 Å². The van der Waals surface area contributed by atoms with E-state index in [0.29, 0.717) is 13.0 Å². The lowest BCUT2D eigenvalue weighted by Crippen LogP contribution is -2.73. The fourth-order valence-corrected chi connectivity index (χ4v) is 6.21. The van der Waals surface area contributed by atoms with Crippen molar-refractivity contribution in [2.24, 2.45) is 11.8 Å². The van der Waals surface area contributed by atoms with Crippen LogP contribution >= 0.6 is 0 Å². The Morgan fingerprint density at radius 2 is 1.02 bits per heavy atom. The molecular weight excluding hydrogens is 785 g/mol. The summed E-state index contributed by atoms with van der Waals surface area (Å²) in [4.78, 5) is 76.3. The number of amides is 2. The van der Waals surface area contributed by atoms with Gasteiger partial charge in [-0.3, -0.25) is 19.4 Å². The third-order valence-electron chi connectivity index (χ3n) is 8.92. The van der Waals surface area contributed by atoms with Crippen LogP contribution in [0.15, 0.2) is 60.7 Å². The van der Waals surface area contributed by atoms with E-state index in [1.165, 1.54) is 9.80 Å². The van der Waals surface area contributed by atoms with Crippen LogP contribution in [0.2, 0.25) is 0 Å². The number of rotatable bonds is 9. The van der Waals surface area contributed by atoms with Gasteiger partial charge in [0, 0.05) is 31.3 Å². The van der Waals surface area contributed by atoms with Gasteiger partial charge in [-0.25, -0.2) is 19.2 Å². The average Bonchev–Trinajstić information content (AvgIpc) is 3.11. The zero-order chi connectivity index (χ0) is 46.6. The number of hydrogen-bond acceptors (Lipinski definition) is 12. The molecule has 2 aliphatic rings. The largest absolute Gasteiger partial charge is 0.460 e. The number of benzene rings is 2. The molecule has 2 aromatic carbocycles. The van der Waals surface area contributed by atoms with E-state index in [9.17, 15) is 28.8 Å². The highest BCUT2D eigenvalue weighted by Gasteiger charge is 2.62. The van der Waals surface area contributed by atoms with Crippen molar-refractivity contribution < 1.29 is 57.2 Å². The smallest absolute Gasteiger partial charge is 0.411 e. The predicted molar refractivity (Wildman–Crippen MR) is 230 cm³/mol. The molecule has 2 heterocycles. The summed E-state index contributed by atoms with van der Waals surface area (Å²) in [6.45, 7) is 28.1. The van der Waals surface area contributed by atoms with E-state index in [1.54, 1.807) is 48.5 Å². The van der Waals surface area contributed by atoms with Crippen LogP contribution in [0.1, 0.15) is 128 Å². The second-order valence-corrected chi connectivity index (χ2v) is 19.3. The molecule has 4 atom stereocenters. The van der Waals surface area contributed by atoms with Crippen LogP contribution < -0.4 is 0 Å². The van der Waals surface area contributed by atoms with Crippen LogP contribution in [0.3, 0.4) is 0 Å². The molecule has 0 aliphatic carbocycles. The van der Waals surface area contributed by atoms with Gasteiger partial charge in [0.05, 0.1) is 6.42 Å². The molecule has 1 unspecified atom stereocenters. The molecule has 0 radical (unpaired) electrons. The zero-order valence-corrected chi connectivity index (χ0v) is 39.0. The molecule has 0 aromatic heterocycles. The number of carbonyl (C=O) groups excluding carboxylic acids is 6. The molecule has 2 aliphatic heterocycles. The van der Waals surface area contributed by atoms with Gasteiger partial charge in [-0.15, -0.1) is 0 Å². The van der Waals surface area contributed by atoms with Gasteiger partial charge in [0.25, 0.3) is 0 Å². The van der Waals surface area contributed by atoms with E-state index in [-0.39, 0.29) is 55.6 Å². The molecule has 14 nitrogen and oxygen atoms in total.